The van der Waals surface area contributed by atoms with E-state index in [2.05, 4.69) is 31.9 Å². The lowest BCUT2D eigenvalue weighted by Crippen LogP contribution is -2.23. The molecule has 2 heterocycles. The van der Waals surface area contributed by atoms with Crippen LogP contribution >= 0.6 is 0 Å². The molecule has 2 aromatic rings. The van der Waals surface area contributed by atoms with Crippen LogP contribution in [0.5, 0.6) is 0 Å². The number of H-pyrrole nitrogens is 2. The number of hydrogen-bond donors (Lipinski definition) is 4. The molecule has 4 N–H and O–H groups in total. The Kier molecular flexibility index (Phi) is 4.94. The van der Waals surface area contributed by atoms with E-state index >= 15 is 0 Å². The van der Waals surface area contributed by atoms with E-state index in [0.29, 0.717) is 12.4 Å². The molecule has 0 saturated heterocycles. The molecule has 0 fully saturated rings. The molecule has 0 unspecified atom stereocenters. The first kappa shape index (κ1) is 14.8. The first-order valence-electron chi connectivity index (χ1n) is 6.47. The Balaban J connectivity index is 1.95. The van der Waals surface area contributed by atoms with Crippen LogP contribution in [0.4, 0.5) is 0 Å². The SMILES string of the molecule is CCCNCc1cc(S(=O)(=O)NCc2ncc[nH]2)c[nH]1. The maximum absolute atomic E-state index is 12.1. The van der Waals surface area contributed by atoms with E-state index in [1.54, 1.807) is 18.5 Å². The van der Waals surface area contributed by atoms with Gasteiger partial charge in [-0.2, -0.15) is 0 Å². The van der Waals surface area contributed by atoms with Crippen molar-refractivity contribution >= 4 is 10.0 Å². The number of aromatic nitrogens is 3. The quantitative estimate of drug-likeness (QED) is 0.539. The van der Waals surface area contributed by atoms with Gasteiger partial charge in [0.05, 0.1) is 11.4 Å². The van der Waals surface area contributed by atoms with Crippen molar-refractivity contribution in [3.63, 3.8) is 0 Å². The van der Waals surface area contributed by atoms with Crippen LogP contribution < -0.4 is 10.0 Å². The molecular weight excluding hydrogens is 278 g/mol. The Morgan fingerprint density at radius 2 is 2.15 bits per heavy atom. The zero-order valence-electron chi connectivity index (χ0n) is 11.3. The molecule has 2 rings (SSSR count). The number of nitrogens with one attached hydrogen (secondary N) is 4. The van der Waals surface area contributed by atoms with Gasteiger partial charge in [-0.3, -0.25) is 0 Å². The maximum Gasteiger partial charge on any atom is 0.242 e. The Morgan fingerprint density at radius 3 is 2.85 bits per heavy atom. The average molecular weight is 297 g/mol. The third-order valence-corrected chi connectivity index (χ3v) is 4.13. The predicted molar refractivity (Wildman–Crippen MR) is 75.4 cm³/mol. The zero-order valence-corrected chi connectivity index (χ0v) is 12.1. The molecular formula is C12H19N5O2S. The van der Waals surface area contributed by atoms with E-state index < -0.39 is 10.0 Å². The molecule has 0 aliphatic heterocycles. The minimum absolute atomic E-state index is 0.143. The van der Waals surface area contributed by atoms with Gasteiger partial charge < -0.3 is 15.3 Å². The highest BCUT2D eigenvalue weighted by Gasteiger charge is 2.16. The summed E-state index contributed by atoms with van der Waals surface area (Å²) in [6.07, 6.45) is 5.76. The number of nitrogens with zero attached hydrogens (tertiary/aromatic N) is 1. The first-order chi connectivity index (χ1) is 9.62. The summed E-state index contributed by atoms with van der Waals surface area (Å²) in [5, 5.41) is 3.21. The number of hydrogen-bond acceptors (Lipinski definition) is 4. The van der Waals surface area contributed by atoms with Gasteiger partial charge in [0, 0.05) is 30.8 Å². The summed E-state index contributed by atoms with van der Waals surface area (Å²) in [6, 6.07) is 1.63. The van der Waals surface area contributed by atoms with Gasteiger partial charge >= 0.3 is 0 Å². The van der Waals surface area contributed by atoms with Gasteiger partial charge in [0.2, 0.25) is 10.0 Å². The van der Waals surface area contributed by atoms with Gasteiger partial charge in [0.25, 0.3) is 0 Å². The van der Waals surface area contributed by atoms with Crippen molar-refractivity contribution < 1.29 is 8.42 Å². The number of aromatic amines is 2. The lowest BCUT2D eigenvalue weighted by Gasteiger charge is -2.02. The molecule has 0 saturated carbocycles. The van der Waals surface area contributed by atoms with Crippen LogP contribution in [0.1, 0.15) is 24.9 Å². The summed E-state index contributed by atoms with van der Waals surface area (Å²) >= 11 is 0. The molecule has 0 aliphatic rings. The molecule has 110 valence electrons. The summed E-state index contributed by atoms with van der Waals surface area (Å²) in [7, 11) is -3.52. The van der Waals surface area contributed by atoms with Crippen LogP contribution in [-0.4, -0.2) is 29.9 Å². The van der Waals surface area contributed by atoms with Crippen molar-refractivity contribution in [3.05, 3.63) is 36.2 Å². The summed E-state index contributed by atoms with van der Waals surface area (Å²) in [5.74, 6) is 0.578. The summed E-state index contributed by atoms with van der Waals surface area (Å²) in [5.41, 5.74) is 0.844. The second kappa shape index (κ2) is 6.69. The van der Waals surface area contributed by atoms with Crippen LogP contribution in [0, 0.1) is 0 Å². The summed E-state index contributed by atoms with van der Waals surface area (Å²) in [6.45, 7) is 3.75. The van der Waals surface area contributed by atoms with Crippen molar-refractivity contribution in [1.29, 1.82) is 0 Å². The highest BCUT2D eigenvalue weighted by Crippen LogP contribution is 2.10. The van der Waals surface area contributed by atoms with E-state index in [0.717, 1.165) is 18.7 Å². The van der Waals surface area contributed by atoms with Crippen molar-refractivity contribution in [2.24, 2.45) is 0 Å². The van der Waals surface area contributed by atoms with E-state index in [9.17, 15) is 8.42 Å². The monoisotopic (exact) mass is 297 g/mol. The highest BCUT2D eigenvalue weighted by atomic mass is 32.2. The maximum atomic E-state index is 12.1. The van der Waals surface area contributed by atoms with E-state index in [1.807, 2.05) is 0 Å². The molecule has 7 nitrogen and oxygen atoms in total. The van der Waals surface area contributed by atoms with Crippen molar-refractivity contribution in [2.75, 3.05) is 6.54 Å². The highest BCUT2D eigenvalue weighted by molar-refractivity contribution is 7.89. The zero-order chi connectivity index (χ0) is 14.4. The van der Waals surface area contributed by atoms with Crippen molar-refractivity contribution in [1.82, 2.24) is 25.0 Å². The average Bonchev–Trinajstić information content (AvgIpc) is 3.08. The fourth-order valence-electron chi connectivity index (χ4n) is 1.72. The Hall–Kier alpha value is -1.64. The molecule has 0 aliphatic carbocycles. The van der Waals surface area contributed by atoms with Crippen LogP contribution in [0.25, 0.3) is 0 Å². The summed E-state index contributed by atoms with van der Waals surface area (Å²) < 4.78 is 26.7. The normalized spacial score (nSPS) is 11.8. The second-order valence-electron chi connectivity index (χ2n) is 4.40. The molecule has 20 heavy (non-hydrogen) atoms. The van der Waals surface area contributed by atoms with Gasteiger partial charge in [0.15, 0.2) is 0 Å². The molecule has 0 radical (unpaired) electrons. The molecule has 0 bridgehead atoms. The predicted octanol–water partition coefficient (Wildman–Crippen LogP) is 0.716. The molecule has 0 amide bonds. The topological polar surface area (TPSA) is 103 Å². The summed E-state index contributed by atoms with van der Waals surface area (Å²) in [4.78, 5) is 10.0. The third kappa shape index (κ3) is 3.92. The Morgan fingerprint density at radius 1 is 1.30 bits per heavy atom. The van der Waals surface area contributed by atoms with Crippen LogP contribution in [0.2, 0.25) is 0 Å². The second-order valence-corrected chi connectivity index (χ2v) is 6.16. The Labute approximate surface area is 118 Å². The minimum Gasteiger partial charge on any atom is -0.363 e. The number of imidazole rings is 1. The van der Waals surface area contributed by atoms with E-state index in [4.69, 9.17) is 0 Å². The number of sulfonamides is 1. The molecule has 0 atom stereocenters. The molecule has 0 aromatic carbocycles. The fraction of sp³-hybridized carbons (Fsp3) is 0.417. The van der Waals surface area contributed by atoms with Gasteiger partial charge in [-0.25, -0.2) is 18.1 Å². The van der Waals surface area contributed by atoms with Gasteiger partial charge in [-0.05, 0) is 19.0 Å². The van der Waals surface area contributed by atoms with Gasteiger partial charge in [0.1, 0.15) is 5.82 Å². The van der Waals surface area contributed by atoms with Crippen molar-refractivity contribution in [2.45, 2.75) is 31.3 Å². The van der Waals surface area contributed by atoms with Crippen LogP contribution in [0.15, 0.2) is 29.6 Å². The Bertz CT molecular complexity index is 618. The van der Waals surface area contributed by atoms with E-state index in [-0.39, 0.29) is 11.4 Å². The first-order valence-corrected chi connectivity index (χ1v) is 7.96. The molecule has 2 aromatic heterocycles. The lowest BCUT2D eigenvalue weighted by molar-refractivity contribution is 0.579. The largest absolute Gasteiger partial charge is 0.363 e. The standard InChI is InChI=1S/C12H19N5O2S/c1-2-3-13-7-10-6-11(8-16-10)20(18,19)17-9-12-14-4-5-15-12/h4-6,8,13,16-17H,2-3,7,9H2,1H3,(H,14,15). The number of rotatable bonds is 8. The van der Waals surface area contributed by atoms with Gasteiger partial charge in [-0.15, -0.1) is 0 Å². The fourth-order valence-corrected chi connectivity index (χ4v) is 2.72. The molecule has 8 heteroatoms. The molecule has 0 spiro atoms. The third-order valence-electron chi connectivity index (χ3n) is 2.75. The van der Waals surface area contributed by atoms with Crippen LogP contribution in [0.3, 0.4) is 0 Å². The smallest absolute Gasteiger partial charge is 0.242 e. The van der Waals surface area contributed by atoms with Crippen molar-refractivity contribution in [3.8, 4) is 0 Å². The minimum atomic E-state index is -3.52. The van der Waals surface area contributed by atoms with E-state index in [1.165, 1.54) is 6.20 Å². The lowest BCUT2D eigenvalue weighted by atomic mass is 10.4. The van der Waals surface area contributed by atoms with Gasteiger partial charge in [-0.1, -0.05) is 6.92 Å². The van der Waals surface area contributed by atoms with Crippen LogP contribution in [-0.2, 0) is 23.1 Å².